The van der Waals surface area contributed by atoms with E-state index in [2.05, 4.69) is 10.1 Å². The van der Waals surface area contributed by atoms with Gasteiger partial charge in [0.15, 0.2) is 0 Å². The van der Waals surface area contributed by atoms with Crippen LogP contribution >= 0.6 is 0 Å². The molecule has 1 aromatic carbocycles. The van der Waals surface area contributed by atoms with Crippen molar-refractivity contribution in [2.24, 2.45) is 5.73 Å². The summed E-state index contributed by atoms with van der Waals surface area (Å²) in [6.07, 6.45) is 3.99. The standard InChI is InChI=1S/C15H19N3O2/c1-9-7-11(8-10(2)12(9)19)13-17-14(20-18-13)15(16)5-3-4-6-15/h7-8,19H,3-6,16H2,1-2H3. The monoisotopic (exact) mass is 273 g/mol. The van der Waals surface area contributed by atoms with Crippen molar-refractivity contribution < 1.29 is 9.63 Å². The zero-order chi connectivity index (χ0) is 14.3. The van der Waals surface area contributed by atoms with Crippen LogP contribution in [0.5, 0.6) is 5.75 Å². The molecule has 0 saturated heterocycles. The third-order valence-electron chi connectivity index (χ3n) is 4.10. The predicted molar refractivity (Wildman–Crippen MR) is 75.2 cm³/mol. The van der Waals surface area contributed by atoms with Crippen LogP contribution in [0.2, 0.25) is 0 Å². The Hall–Kier alpha value is -1.88. The molecule has 2 aromatic rings. The second-order valence-corrected chi connectivity index (χ2v) is 5.75. The smallest absolute Gasteiger partial charge is 0.247 e. The van der Waals surface area contributed by atoms with Gasteiger partial charge in [-0.1, -0.05) is 18.0 Å². The molecule has 1 aliphatic rings. The van der Waals surface area contributed by atoms with Crippen molar-refractivity contribution in [1.82, 2.24) is 10.1 Å². The van der Waals surface area contributed by atoms with Crippen LogP contribution in [0, 0.1) is 13.8 Å². The van der Waals surface area contributed by atoms with Crippen LogP contribution in [0.3, 0.4) is 0 Å². The molecule has 0 atom stereocenters. The number of rotatable bonds is 2. The molecule has 1 fully saturated rings. The molecule has 0 unspecified atom stereocenters. The van der Waals surface area contributed by atoms with Gasteiger partial charge in [-0.05, 0) is 49.9 Å². The molecule has 0 radical (unpaired) electrons. The lowest BCUT2D eigenvalue weighted by molar-refractivity contribution is 0.285. The molecule has 1 aliphatic carbocycles. The molecule has 0 bridgehead atoms. The van der Waals surface area contributed by atoms with Crippen molar-refractivity contribution in [3.63, 3.8) is 0 Å². The second kappa shape index (κ2) is 4.59. The van der Waals surface area contributed by atoms with Crippen LogP contribution in [0.15, 0.2) is 16.7 Å². The molecular formula is C15H19N3O2. The molecule has 1 saturated carbocycles. The van der Waals surface area contributed by atoms with Crippen LogP contribution in [0.4, 0.5) is 0 Å². The highest BCUT2D eigenvalue weighted by Gasteiger charge is 2.36. The topological polar surface area (TPSA) is 85.2 Å². The molecule has 3 rings (SSSR count). The molecule has 3 N–H and O–H groups in total. The van der Waals surface area contributed by atoms with Gasteiger partial charge in [-0.3, -0.25) is 0 Å². The summed E-state index contributed by atoms with van der Waals surface area (Å²) in [6.45, 7) is 3.71. The summed E-state index contributed by atoms with van der Waals surface area (Å²) >= 11 is 0. The first kappa shape index (κ1) is 13.1. The third kappa shape index (κ3) is 2.08. The van der Waals surface area contributed by atoms with Crippen molar-refractivity contribution in [3.8, 4) is 17.1 Å². The van der Waals surface area contributed by atoms with Gasteiger partial charge >= 0.3 is 0 Å². The quantitative estimate of drug-likeness (QED) is 0.878. The maximum atomic E-state index is 9.81. The van der Waals surface area contributed by atoms with E-state index in [9.17, 15) is 5.11 Å². The van der Waals surface area contributed by atoms with E-state index in [-0.39, 0.29) is 0 Å². The van der Waals surface area contributed by atoms with Crippen LogP contribution in [0.1, 0.15) is 42.7 Å². The van der Waals surface area contributed by atoms with Gasteiger partial charge in [-0.2, -0.15) is 4.98 Å². The summed E-state index contributed by atoms with van der Waals surface area (Å²) in [4.78, 5) is 4.46. The Kier molecular flexibility index (Phi) is 3.01. The summed E-state index contributed by atoms with van der Waals surface area (Å²) in [5, 5.41) is 13.9. The minimum atomic E-state index is -0.466. The zero-order valence-electron chi connectivity index (χ0n) is 11.8. The maximum absolute atomic E-state index is 9.81. The summed E-state index contributed by atoms with van der Waals surface area (Å²) in [6, 6.07) is 3.71. The summed E-state index contributed by atoms with van der Waals surface area (Å²) in [5.74, 6) is 1.36. The highest BCUT2D eigenvalue weighted by atomic mass is 16.5. The number of phenolic OH excluding ortho intramolecular Hbond substituents is 1. The minimum absolute atomic E-state index is 0.309. The number of benzene rings is 1. The van der Waals surface area contributed by atoms with Crippen molar-refractivity contribution >= 4 is 0 Å². The number of aromatic hydroxyl groups is 1. The summed E-state index contributed by atoms with van der Waals surface area (Å²) in [7, 11) is 0. The lowest BCUT2D eigenvalue weighted by Crippen LogP contribution is -2.33. The first-order valence-corrected chi connectivity index (χ1v) is 6.93. The van der Waals surface area contributed by atoms with Gasteiger partial charge < -0.3 is 15.4 Å². The van der Waals surface area contributed by atoms with E-state index in [1.165, 1.54) is 0 Å². The van der Waals surface area contributed by atoms with Crippen molar-refractivity contribution in [2.45, 2.75) is 45.1 Å². The van der Waals surface area contributed by atoms with Crippen LogP contribution in [-0.2, 0) is 5.54 Å². The Morgan fingerprint density at radius 2 is 1.80 bits per heavy atom. The Balaban J connectivity index is 1.98. The van der Waals surface area contributed by atoms with Crippen LogP contribution < -0.4 is 5.73 Å². The molecule has 20 heavy (non-hydrogen) atoms. The predicted octanol–water partition coefficient (Wildman–Crippen LogP) is 2.79. The lowest BCUT2D eigenvalue weighted by Gasteiger charge is -2.17. The second-order valence-electron chi connectivity index (χ2n) is 5.75. The Morgan fingerprint density at radius 3 is 2.40 bits per heavy atom. The van der Waals surface area contributed by atoms with E-state index in [0.717, 1.165) is 42.4 Å². The number of phenols is 1. The fraction of sp³-hybridized carbons (Fsp3) is 0.467. The number of nitrogens with zero attached hydrogens (tertiary/aromatic N) is 2. The fourth-order valence-corrected chi connectivity index (χ4v) is 2.85. The molecule has 106 valence electrons. The first-order chi connectivity index (χ1) is 9.49. The third-order valence-corrected chi connectivity index (χ3v) is 4.10. The number of aromatic nitrogens is 2. The van der Waals surface area contributed by atoms with Gasteiger partial charge in [0.05, 0.1) is 5.54 Å². The van der Waals surface area contributed by atoms with E-state index in [1.54, 1.807) is 0 Å². The van der Waals surface area contributed by atoms with E-state index in [4.69, 9.17) is 10.3 Å². The highest BCUT2D eigenvalue weighted by Crippen LogP contribution is 2.36. The number of aryl methyl sites for hydroxylation is 2. The zero-order valence-corrected chi connectivity index (χ0v) is 11.8. The SMILES string of the molecule is Cc1cc(-c2noc(C3(N)CCCC3)n2)cc(C)c1O. The van der Waals surface area contributed by atoms with E-state index in [1.807, 2.05) is 26.0 Å². The molecule has 5 nitrogen and oxygen atoms in total. The van der Waals surface area contributed by atoms with E-state index < -0.39 is 5.54 Å². The largest absolute Gasteiger partial charge is 0.507 e. The molecule has 0 aliphatic heterocycles. The number of nitrogens with two attached hydrogens (primary N) is 1. The lowest BCUT2D eigenvalue weighted by atomic mass is 9.99. The average molecular weight is 273 g/mol. The molecule has 0 spiro atoms. The van der Waals surface area contributed by atoms with Crippen molar-refractivity contribution in [1.29, 1.82) is 0 Å². The van der Waals surface area contributed by atoms with Gasteiger partial charge in [0.1, 0.15) is 5.75 Å². The minimum Gasteiger partial charge on any atom is -0.507 e. The number of hydrogen-bond donors (Lipinski definition) is 2. The highest BCUT2D eigenvalue weighted by molar-refractivity contribution is 5.60. The van der Waals surface area contributed by atoms with Crippen LogP contribution in [-0.4, -0.2) is 15.2 Å². The summed E-state index contributed by atoms with van der Waals surface area (Å²) < 4.78 is 5.37. The molecule has 1 aromatic heterocycles. The Bertz CT molecular complexity index is 619. The molecule has 1 heterocycles. The Morgan fingerprint density at radius 1 is 1.20 bits per heavy atom. The van der Waals surface area contributed by atoms with Gasteiger partial charge in [0, 0.05) is 5.56 Å². The van der Waals surface area contributed by atoms with Gasteiger partial charge in [-0.15, -0.1) is 0 Å². The van der Waals surface area contributed by atoms with Gasteiger partial charge in [-0.25, -0.2) is 0 Å². The Labute approximate surface area is 117 Å². The van der Waals surface area contributed by atoms with Crippen molar-refractivity contribution in [2.75, 3.05) is 0 Å². The molecular weight excluding hydrogens is 254 g/mol. The number of hydrogen-bond acceptors (Lipinski definition) is 5. The maximum Gasteiger partial charge on any atom is 0.247 e. The van der Waals surface area contributed by atoms with Crippen LogP contribution in [0.25, 0.3) is 11.4 Å². The van der Waals surface area contributed by atoms with E-state index >= 15 is 0 Å². The van der Waals surface area contributed by atoms with Gasteiger partial charge in [0.2, 0.25) is 11.7 Å². The normalized spacial score (nSPS) is 17.6. The molecule has 0 amide bonds. The first-order valence-electron chi connectivity index (χ1n) is 6.93. The molecule has 5 heteroatoms. The summed E-state index contributed by atoms with van der Waals surface area (Å²) in [5.41, 5.74) is 8.30. The fourth-order valence-electron chi connectivity index (χ4n) is 2.85. The van der Waals surface area contributed by atoms with Crippen molar-refractivity contribution in [3.05, 3.63) is 29.2 Å². The van der Waals surface area contributed by atoms with E-state index in [0.29, 0.717) is 17.5 Å². The average Bonchev–Trinajstić information content (AvgIpc) is 3.05. The van der Waals surface area contributed by atoms with Gasteiger partial charge in [0.25, 0.3) is 0 Å².